The lowest BCUT2D eigenvalue weighted by molar-refractivity contribution is 0.102. The minimum Gasteiger partial charge on any atom is -0.403 e. The maximum Gasteiger partial charge on any atom is 0.322 e. The SMILES string of the molecule is O=C(Nc1nnc(-c2cccc(Cl)c2)o1)c1ccccc1. The molecule has 21 heavy (non-hydrogen) atoms. The summed E-state index contributed by atoms with van der Waals surface area (Å²) in [6.07, 6.45) is 0. The average molecular weight is 300 g/mol. The Morgan fingerprint density at radius 3 is 2.62 bits per heavy atom. The van der Waals surface area contributed by atoms with Crippen LogP contribution in [0.1, 0.15) is 10.4 Å². The van der Waals surface area contributed by atoms with Crippen molar-refractivity contribution in [3.05, 3.63) is 65.2 Å². The van der Waals surface area contributed by atoms with Gasteiger partial charge in [-0.1, -0.05) is 41.0 Å². The quantitative estimate of drug-likeness (QED) is 0.801. The van der Waals surface area contributed by atoms with E-state index in [-0.39, 0.29) is 11.9 Å². The fourth-order valence-corrected chi connectivity index (χ4v) is 1.96. The standard InChI is InChI=1S/C15H10ClN3O2/c16-12-8-4-7-11(9-12)14-18-19-15(21-14)17-13(20)10-5-2-1-3-6-10/h1-9H,(H,17,19,20). The van der Waals surface area contributed by atoms with Gasteiger partial charge in [0.15, 0.2) is 0 Å². The normalized spacial score (nSPS) is 10.3. The number of hydrogen-bond donors (Lipinski definition) is 1. The molecule has 0 saturated heterocycles. The molecule has 2 aromatic carbocycles. The van der Waals surface area contributed by atoms with E-state index in [4.69, 9.17) is 16.0 Å². The van der Waals surface area contributed by atoms with Crippen LogP contribution in [0.15, 0.2) is 59.0 Å². The predicted molar refractivity (Wildman–Crippen MR) is 79.1 cm³/mol. The van der Waals surface area contributed by atoms with E-state index in [1.54, 1.807) is 48.5 Å². The number of nitrogens with zero attached hydrogens (tertiary/aromatic N) is 2. The summed E-state index contributed by atoms with van der Waals surface area (Å²) in [6.45, 7) is 0. The first kappa shape index (κ1) is 13.3. The Bertz CT molecular complexity index is 771. The molecular weight excluding hydrogens is 290 g/mol. The number of carbonyl (C=O) groups excluding carboxylic acids is 1. The fraction of sp³-hybridized carbons (Fsp3) is 0. The van der Waals surface area contributed by atoms with Crippen molar-refractivity contribution in [2.75, 3.05) is 5.32 Å². The van der Waals surface area contributed by atoms with Crippen LogP contribution in [0.5, 0.6) is 0 Å². The molecule has 0 fully saturated rings. The number of nitrogens with one attached hydrogen (secondary N) is 1. The zero-order chi connectivity index (χ0) is 14.7. The molecule has 6 heteroatoms. The summed E-state index contributed by atoms with van der Waals surface area (Å²) in [4.78, 5) is 12.0. The molecule has 0 spiro atoms. The molecule has 0 atom stereocenters. The summed E-state index contributed by atoms with van der Waals surface area (Å²) >= 11 is 5.91. The van der Waals surface area contributed by atoms with Crippen molar-refractivity contribution < 1.29 is 9.21 Å². The van der Waals surface area contributed by atoms with Crippen molar-refractivity contribution in [1.82, 2.24) is 10.2 Å². The van der Waals surface area contributed by atoms with Crippen LogP contribution in [0.2, 0.25) is 5.02 Å². The van der Waals surface area contributed by atoms with Gasteiger partial charge in [0.05, 0.1) is 0 Å². The Labute approximate surface area is 125 Å². The van der Waals surface area contributed by atoms with Crippen LogP contribution >= 0.6 is 11.6 Å². The number of carbonyl (C=O) groups is 1. The van der Waals surface area contributed by atoms with Crippen LogP contribution in [-0.2, 0) is 0 Å². The molecule has 0 aliphatic heterocycles. The van der Waals surface area contributed by atoms with Gasteiger partial charge in [0, 0.05) is 16.1 Å². The highest BCUT2D eigenvalue weighted by atomic mass is 35.5. The highest BCUT2D eigenvalue weighted by molar-refractivity contribution is 6.30. The number of rotatable bonds is 3. The van der Waals surface area contributed by atoms with Gasteiger partial charge in [0.25, 0.3) is 5.91 Å². The van der Waals surface area contributed by atoms with E-state index in [1.165, 1.54) is 0 Å². The molecule has 0 aliphatic carbocycles. The first-order chi connectivity index (χ1) is 10.2. The number of amides is 1. The first-order valence-corrected chi connectivity index (χ1v) is 6.56. The second-order valence-corrected chi connectivity index (χ2v) is 4.68. The zero-order valence-electron chi connectivity index (χ0n) is 10.8. The lowest BCUT2D eigenvalue weighted by Crippen LogP contribution is -2.11. The van der Waals surface area contributed by atoms with Crippen LogP contribution < -0.4 is 5.32 Å². The molecule has 1 amide bonds. The molecule has 3 aromatic rings. The van der Waals surface area contributed by atoms with Crippen LogP contribution in [0.4, 0.5) is 6.01 Å². The molecule has 1 aromatic heterocycles. The summed E-state index contributed by atoms with van der Waals surface area (Å²) in [5.41, 5.74) is 1.20. The molecule has 0 radical (unpaired) electrons. The minimum absolute atomic E-state index is 0.0406. The van der Waals surface area contributed by atoms with Crippen molar-refractivity contribution in [3.8, 4) is 11.5 Å². The maximum atomic E-state index is 12.0. The van der Waals surface area contributed by atoms with E-state index >= 15 is 0 Å². The van der Waals surface area contributed by atoms with Crippen LogP contribution in [0.3, 0.4) is 0 Å². The summed E-state index contributed by atoms with van der Waals surface area (Å²) < 4.78 is 5.40. The van der Waals surface area contributed by atoms with Gasteiger partial charge >= 0.3 is 6.01 Å². The van der Waals surface area contributed by atoms with Gasteiger partial charge in [-0.25, -0.2) is 0 Å². The Morgan fingerprint density at radius 1 is 1.05 bits per heavy atom. The molecular formula is C15H10ClN3O2. The third-order valence-corrected chi connectivity index (χ3v) is 2.99. The largest absolute Gasteiger partial charge is 0.403 e. The summed E-state index contributed by atoms with van der Waals surface area (Å²) in [6, 6.07) is 15.9. The minimum atomic E-state index is -0.308. The highest BCUT2D eigenvalue weighted by Gasteiger charge is 2.12. The first-order valence-electron chi connectivity index (χ1n) is 6.18. The monoisotopic (exact) mass is 299 g/mol. The molecule has 0 bridgehead atoms. The molecule has 0 saturated carbocycles. The number of hydrogen-bond acceptors (Lipinski definition) is 4. The average Bonchev–Trinajstić information content (AvgIpc) is 2.97. The molecule has 0 unspecified atom stereocenters. The summed E-state index contributed by atoms with van der Waals surface area (Å²) in [5.74, 6) is -0.0160. The van der Waals surface area contributed by atoms with Crippen LogP contribution in [0, 0.1) is 0 Å². The van der Waals surface area contributed by atoms with Crippen molar-refractivity contribution in [2.45, 2.75) is 0 Å². The molecule has 1 heterocycles. The van der Waals surface area contributed by atoms with Gasteiger partial charge in [-0.15, -0.1) is 5.10 Å². The van der Waals surface area contributed by atoms with E-state index in [0.29, 0.717) is 22.0 Å². The van der Waals surface area contributed by atoms with E-state index in [0.717, 1.165) is 0 Å². The van der Waals surface area contributed by atoms with Crippen molar-refractivity contribution in [2.24, 2.45) is 0 Å². The number of benzene rings is 2. The lowest BCUT2D eigenvalue weighted by atomic mass is 10.2. The number of halogens is 1. The Kier molecular flexibility index (Phi) is 3.66. The third-order valence-electron chi connectivity index (χ3n) is 2.75. The van der Waals surface area contributed by atoms with Gasteiger partial charge < -0.3 is 4.42 Å². The molecule has 104 valence electrons. The predicted octanol–water partition coefficient (Wildman–Crippen LogP) is 3.64. The number of aromatic nitrogens is 2. The lowest BCUT2D eigenvalue weighted by Gasteiger charge is -1.99. The number of anilines is 1. The smallest absolute Gasteiger partial charge is 0.322 e. The van der Waals surface area contributed by atoms with E-state index in [9.17, 15) is 4.79 Å². The van der Waals surface area contributed by atoms with Crippen molar-refractivity contribution in [3.63, 3.8) is 0 Å². The topological polar surface area (TPSA) is 68.0 Å². The van der Waals surface area contributed by atoms with Crippen molar-refractivity contribution >= 4 is 23.5 Å². The molecule has 0 aliphatic rings. The fourth-order valence-electron chi connectivity index (χ4n) is 1.77. The van der Waals surface area contributed by atoms with E-state index in [1.807, 2.05) is 6.07 Å². The van der Waals surface area contributed by atoms with Crippen molar-refractivity contribution in [1.29, 1.82) is 0 Å². The second-order valence-electron chi connectivity index (χ2n) is 4.24. The highest BCUT2D eigenvalue weighted by Crippen LogP contribution is 2.22. The molecule has 3 rings (SSSR count). The van der Waals surface area contributed by atoms with Crippen LogP contribution in [0.25, 0.3) is 11.5 Å². The Morgan fingerprint density at radius 2 is 1.86 bits per heavy atom. The van der Waals surface area contributed by atoms with E-state index in [2.05, 4.69) is 15.5 Å². The summed E-state index contributed by atoms with van der Waals surface area (Å²) in [5, 5.41) is 10.8. The van der Waals surface area contributed by atoms with E-state index < -0.39 is 0 Å². The maximum absolute atomic E-state index is 12.0. The Balaban J connectivity index is 1.78. The third kappa shape index (κ3) is 3.09. The molecule has 1 N–H and O–H groups in total. The Hall–Kier alpha value is -2.66. The second kappa shape index (κ2) is 5.76. The van der Waals surface area contributed by atoms with Crippen LogP contribution in [-0.4, -0.2) is 16.1 Å². The van der Waals surface area contributed by atoms with Gasteiger partial charge in [-0.2, -0.15) is 0 Å². The van der Waals surface area contributed by atoms with Gasteiger partial charge in [0.1, 0.15) is 0 Å². The van der Waals surface area contributed by atoms with Gasteiger partial charge in [-0.05, 0) is 30.3 Å². The summed E-state index contributed by atoms with van der Waals surface area (Å²) in [7, 11) is 0. The zero-order valence-corrected chi connectivity index (χ0v) is 11.5. The molecule has 5 nitrogen and oxygen atoms in total. The van der Waals surface area contributed by atoms with Gasteiger partial charge in [-0.3, -0.25) is 10.1 Å². The van der Waals surface area contributed by atoms with Gasteiger partial charge in [0.2, 0.25) is 5.89 Å².